The molecule has 2 unspecified atom stereocenters. The van der Waals surface area contributed by atoms with Crippen LogP contribution in [-0.4, -0.2) is 0 Å². The van der Waals surface area contributed by atoms with Gasteiger partial charge in [0.05, 0.1) is 0 Å². The predicted molar refractivity (Wildman–Crippen MR) is 175 cm³/mol. The number of rotatable bonds is 3. The Morgan fingerprint density at radius 3 is 1.43 bits per heavy atom. The van der Waals surface area contributed by atoms with Gasteiger partial charge in [-0.15, -0.1) is 0 Å². The van der Waals surface area contributed by atoms with E-state index in [0.29, 0.717) is 0 Å². The van der Waals surface area contributed by atoms with E-state index < -0.39 is 0 Å². The summed E-state index contributed by atoms with van der Waals surface area (Å²) < 4.78 is 0. The average Bonchev–Trinajstić information content (AvgIpc) is 3.57. The monoisotopic (exact) mass is 532 g/mol. The van der Waals surface area contributed by atoms with E-state index in [2.05, 4.69) is 158 Å². The lowest BCUT2D eigenvalue weighted by Gasteiger charge is -2.16. The second-order valence-corrected chi connectivity index (χ2v) is 11.7. The van der Waals surface area contributed by atoms with E-state index in [-0.39, 0.29) is 11.8 Å². The summed E-state index contributed by atoms with van der Waals surface area (Å²) in [6.45, 7) is 0. The Kier molecular flexibility index (Phi) is 5.12. The maximum atomic E-state index is 2.42. The van der Waals surface area contributed by atoms with Crippen LogP contribution in [0.5, 0.6) is 0 Å². The second-order valence-electron chi connectivity index (χ2n) is 11.7. The topological polar surface area (TPSA) is 0 Å². The van der Waals surface area contributed by atoms with Gasteiger partial charge in [0.15, 0.2) is 0 Å². The summed E-state index contributed by atoms with van der Waals surface area (Å²) in [6.07, 6.45) is 0. The van der Waals surface area contributed by atoms with Gasteiger partial charge >= 0.3 is 0 Å². The number of fused-ring (bicyclic) bond motifs is 7. The normalized spacial score (nSPS) is 16.1. The van der Waals surface area contributed by atoms with Gasteiger partial charge in [0, 0.05) is 11.8 Å². The van der Waals surface area contributed by atoms with Crippen LogP contribution < -0.4 is 0 Å². The first-order chi connectivity index (χ1) is 20.8. The molecule has 0 heteroatoms. The number of hydrogen-bond acceptors (Lipinski definition) is 0. The zero-order valence-corrected chi connectivity index (χ0v) is 23.2. The van der Waals surface area contributed by atoms with E-state index in [1.54, 1.807) is 0 Å². The first-order valence-electron chi connectivity index (χ1n) is 14.8. The second kappa shape index (κ2) is 9.16. The van der Waals surface area contributed by atoms with Crippen molar-refractivity contribution in [1.29, 1.82) is 0 Å². The molecule has 7 aromatic rings. The highest BCUT2D eigenvalue weighted by Crippen LogP contribution is 2.51. The highest BCUT2D eigenvalue weighted by atomic mass is 14.3. The molecule has 0 fully saturated rings. The Hall–Kier alpha value is -5.20. The van der Waals surface area contributed by atoms with Gasteiger partial charge < -0.3 is 0 Å². The predicted octanol–water partition coefficient (Wildman–Crippen LogP) is 10.8. The molecule has 0 bridgehead atoms. The Bertz CT molecular complexity index is 2150. The van der Waals surface area contributed by atoms with E-state index in [1.165, 1.54) is 77.5 Å². The molecule has 0 N–H and O–H groups in total. The lowest BCUT2D eigenvalue weighted by molar-refractivity contribution is 1.01. The lowest BCUT2D eigenvalue weighted by Crippen LogP contribution is -1.99. The molecule has 0 saturated heterocycles. The van der Waals surface area contributed by atoms with Crippen LogP contribution in [0, 0.1) is 0 Å². The van der Waals surface area contributed by atoms with Crippen molar-refractivity contribution in [3.8, 4) is 33.4 Å². The molecule has 2 atom stereocenters. The summed E-state index contributed by atoms with van der Waals surface area (Å²) in [5.74, 6) is 0.523. The zero-order valence-electron chi connectivity index (χ0n) is 23.2. The molecule has 196 valence electrons. The van der Waals surface area contributed by atoms with Gasteiger partial charge in [0.25, 0.3) is 0 Å². The summed E-state index contributed by atoms with van der Waals surface area (Å²) in [6, 6.07) is 58.7. The van der Waals surface area contributed by atoms with Gasteiger partial charge in [-0.05, 0) is 89.7 Å². The molecule has 42 heavy (non-hydrogen) atoms. The molecule has 0 aliphatic heterocycles. The van der Waals surface area contributed by atoms with Crippen molar-refractivity contribution >= 4 is 10.8 Å². The van der Waals surface area contributed by atoms with Crippen LogP contribution in [0.1, 0.15) is 45.2 Å². The molecular weight excluding hydrogens is 504 g/mol. The molecule has 7 aromatic carbocycles. The van der Waals surface area contributed by atoms with Crippen molar-refractivity contribution in [3.63, 3.8) is 0 Å². The van der Waals surface area contributed by atoms with Crippen LogP contribution in [-0.2, 0) is 0 Å². The lowest BCUT2D eigenvalue weighted by atomic mass is 9.87. The summed E-state index contributed by atoms with van der Waals surface area (Å²) >= 11 is 0. The maximum absolute atomic E-state index is 2.42. The largest absolute Gasteiger partial charge is 0.0622 e. The fourth-order valence-corrected chi connectivity index (χ4v) is 7.52. The van der Waals surface area contributed by atoms with E-state index in [9.17, 15) is 0 Å². The van der Waals surface area contributed by atoms with Crippen LogP contribution in [0.15, 0.2) is 158 Å². The quantitative estimate of drug-likeness (QED) is 0.212. The van der Waals surface area contributed by atoms with Crippen molar-refractivity contribution < 1.29 is 0 Å². The van der Waals surface area contributed by atoms with Gasteiger partial charge in [-0.25, -0.2) is 0 Å². The van der Waals surface area contributed by atoms with Crippen LogP contribution in [0.3, 0.4) is 0 Å². The first-order valence-corrected chi connectivity index (χ1v) is 14.8. The molecule has 0 amide bonds. The SMILES string of the molecule is c1ccc(C2c3ccccc3-c3cc(-c4ccc5c(c4)-c4ccccc4C5c4ccc5ccccc5c4)ccc32)cc1. The van der Waals surface area contributed by atoms with Crippen LogP contribution in [0.4, 0.5) is 0 Å². The smallest absolute Gasteiger partial charge is 0.0352 e. The molecule has 0 saturated carbocycles. The number of hydrogen-bond donors (Lipinski definition) is 0. The van der Waals surface area contributed by atoms with Crippen LogP contribution >= 0.6 is 0 Å². The van der Waals surface area contributed by atoms with E-state index in [1.807, 2.05) is 0 Å². The molecule has 2 aliphatic carbocycles. The molecule has 2 aliphatic rings. The van der Waals surface area contributed by atoms with Gasteiger partial charge in [-0.2, -0.15) is 0 Å². The Morgan fingerprint density at radius 1 is 0.286 bits per heavy atom. The summed E-state index contributed by atoms with van der Waals surface area (Å²) in [4.78, 5) is 0. The molecule has 9 rings (SSSR count). The van der Waals surface area contributed by atoms with Gasteiger partial charge in [0.1, 0.15) is 0 Å². The Balaban J connectivity index is 1.17. The van der Waals surface area contributed by atoms with Gasteiger partial charge in [0.2, 0.25) is 0 Å². The molecule has 0 aromatic heterocycles. The Labute approximate surface area is 246 Å². The van der Waals surface area contributed by atoms with Crippen molar-refractivity contribution in [2.45, 2.75) is 11.8 Å². The van der Waals surface area contributed by atoms with Crippen molar-refractivity contribution in [3.05, 3.63) is 191 Å². The summed E-state index contributed by atoms with van der Waals surface area (Å²) in [7, 11) is 0. The fourth-order valence-electron chi connectivity index (χ4n) is 7.52. The van der Waals surface area contributed by atoms with Crippen molar-refractivity contribution in [2.24, 2.45) is 0 Å². The molecule has 0 spiro atoms. The molecule has 0 nitrogen and oxygen atoms in total. The first kappa shape index (κ1) is 23.5. The average molecular weight is 533 g/mol. The third-order valence-corrected chi connectivity index (χ3v) is 9.43. The Morgan fingerprint density at radius 2 is 0.786 bits per heavy atom. The zero-order chi connectivity index (χ0) is 27.6. The highest BCUT2D eigenvalue weighted by Gasteiger charge is 2.32. The highest BCUT2D eigenvalue weighted by molar-refractivity contribution is 5.89. The van der Waals surface area contributed by atoms with E-state index in [0.717, 1.165) is 0 Å². The molecular formula is C42H28. The fraction of sp³-hybridized carbons (Fsp3) is 0.0476. The third kappa shape index (κ3) is 3.49. The minimum atomic E-state index is 0.244. The molecule has 0 radical (unpaired) electrons. The molecule has 0 heterocycles. The standard InChI is InChI=1S/C42H28/c1-2-11-28(12-3-1)41-35-16-8-6-14-33(35)39-25-30(20-22-37(39)41)31-21-23-38-40(26-31)34-15-7-9-17-36(34)42(38)32-19-18-27-10-4-5-13-29(27)24-32/h1-26,41-42H. The van der Waals surface area contributed by atoms with Crippen LogP contribution in [0.25, 0.3) is 44.2 Å². The summed E-state index contributed by atoms with van der Waals surface area (Å²) in [5, 5.41) is 2.58. The van der Waals surface area contributed by atoms with Crippen molar-refractivity contribution in [2.75, 3.05) is 0 Å². The summed E-state index contributed by atoms with van der Waals surface area (Å²) in [5.41, 5.74) is 16.2. The minimum absolute atomic E-state index is 0.244. The number of benzene rings is 7. The van der Waals surface area contributed by atoms with Gasteiger partial charge in [-0.1, -0.05) is 146 Å². The van der Waals surface area contributed by atoms with Gasteiger partial charge in [-0.3, -0.25) is 0 Å². The van der Waals surface area contributed by atoms with E-state index >= 15 is 0 Å². The minimum Gasteiger partial charge on any atom is -0.0622 e. The third-order valence-electron chi connectivity index (χ3n) is 9.43. The van der Waals surface area contributed by atoms with Crippen molar-refractivity contribution in [1.82, 2.24) is 0 Å². The van der Waals surface area contributed by atoms with E-state index in [4.69, 9.17) is 0 Å². The van der Waals surface area contributed by atoms with Crippen LogP contribution in [0.2, 0.25) is 0 Å². The maximum Gasteiger partial charge on any atom is 0.0352 e.